The first-order valence-corrected chi connectivity index (χ1v) is 17.1. The SMILES string of the molecule is CCSC(C)C(=O)OC/C=C/c1ccc(O[C@@H]2O[C@H](C(=O)O)[C@@H](O)[C@H](O)[C@H]2O)c(NC(=O)CCNC(=O)CCCCCN2C(=O)C=CC2=O)c1. The van der Waals surface area contributed by atoms with Crippen molar-refractivity contribution < 1.29 is 63.4 Å². The second kappa shape index (κ2) is 19.8. The molecular formula is C33H43N3O13S. The van der Waals surface area contributed by atoms with E-state index in [2.05, 4.69) is 10.6 Å². The van der Waals surface area contributed by atoms with Gasteiger partial charge >= 0.3 is 11.9 Å². The Bertz CT molecular complexity index is 1430. The molecule has 6 atom stereocenters. The van der Waals surface area contributed by atoms with Crippen molar-refractivity contribution in [1.82, 2.24) is 10.2 Å². The van der Waals surface area contributed by atoms with Crippen LogP contribution in [0.3, 0.4) is 0 Å². The van der Waals surface area contributed by atoms with E-state index in [-0.39, 0.29) is 72.9 Å². The summed E-state index contributed by atoms with van der Waals surface area (Å²) < 4.78 is 16.1. The fraction of sp³-hybridized carbons (Fsp3) is 0.515. The number of aliphatic hydroxyl groups excluding tert-OH is 3. The molecule has 0 saturated carbocycles. The van der Waals surface area contributed by atoms with Gasteiger partial charge in [-0.25, -0.2) is 4.79 Å². The molecular weight excluding hydrogens is 678 g/mol. The summed E-state index contributed by atoms with van der Waals surface area (Å²) in [7, 11) is 0. The molecule has 50 heavy (non-hydrogen) atoms. The molecule has 6 N–H and O–H groups in total. The van der Waals surface area contributed by atoms with Crippen molar-refractivity contribution in [2.24, 2.45) is 0 Å². The van der Waals surface area contributed by atoms with E-state index in [0.717, 1.165) is 10.7 Å². The number of amides is 4. The van der Waals surface area contributed by atoms with Gasteiger partial charge in [0, 0.05) is 38.1 Å². The average Bonchev–Trinajstić information content (AvgIpc) is 3.39. The van der Waals surface area contributed by atoms with Crippen LogP contribution in [0.15, 0.2) is 36.4 Å². The Labute approximate surface area is 292 Å². The van der Waals surface area contributed by atoms with Gasteiger partial charge in [0.15, 0.2) is 6.10 Å². The van der Waals surface area contributed by atoms with Gasteiger partial charge < -0.3 is 45.3 Å². The van der Waals surface area contributed by atoms with Gasteiger partial charge in [-0.3, -0.25) is 28.9 Å². The largest absolute Gasteiger partial charge is 0.479 e. The van der Waals surface area contributed by atoms with Crippen LogP contribution in [0.4, 0.5) is 5.69 Å². The van der Waals surface area contributed by atoms with Gasteiger partial charge in [-0.2, -0.15) is 0 Å². The Hall–Kier alpha value is -4.29. The Morgan fingerprint density at radius 2 is 1.72 bits per heavy atom. The summed E-state index contributed by atoms with van der Waals surface area (Å²) in [5.41, 5.74) is 0.605. The van der Waals surface area contributed by atoms with Gasteiger partial charge in [-0.15, -0.1) is 11.8 Å². The van der Waals surface area contributed by atoms with E-state index in [4.69, 9.17) is 14.2 Å². The molecule has 1 unspecified atom stereocenters. The first-order chi connectivity index (χ1) is 23.8. The molecule has 0 bridgehead atoms. The number of thioether (sulfide) groups is 1. The van der Waals surface area contributed by atoms with Crippen molar-refractivity contribution in [2.45, 2.75) is 81.9 Å². The predicted octanol–water partition coefficient (Wildman–Crippen LogP) is 0.586. The number of hydrogen-bond donors (Lipinski definition) is 6. The summed E-state index contributed by atoms with van der Waals surface area (Å²) in [4.78, 5) is 73.1. The minimum Gasteiger partial charge on any atom is -0.479 e. The van der Waals surface area contributed by atoms with Crippen LogP contribution >= 0.6 is 11.8 Å². The average molecular weight is 722 g/mol. The molecule has 1 saturated heterocycles. The zero-order valence-corrected chi connectivity index (χ0v) is 28.5. The lowest BCUT2D eigenvalue weighted by atomic mass is 9.99. The van der Waals surface area contributed by atoms with E-state index in [9.17, 15) is 49.2 Å². The normalized spacial score (nSPS) is 22.4. The van der Waals surface area contributed by atoms with E-state index in [1.54, 1.807) is 25.1 Å². The van der Waals surface area contributed by atoms with Crippen LogP contribution in [0.1, 0.15) is 51.5 Å². The number of nitrogens with zero attached hydrogens (tertiary/aromatic N) is 1. The number of nitrogens with one attached hydrogen (secondary N) is 2. The van der Waals surface area contributed by atoms with Crippen LogP contribution in [0.5, 0.6) is 5.75 Å². The van der Waals surface area contributed by atoms with Crippen molar-refractivity contribution in [2.75, 3.05) is 30.8 Å². The summed E-state index contributed by atoms with van der Waals surface area (Å²) in [5, 5.41) is 44.9. The molecule has 274 valence electrons. The standard InChI is InChI=1S/C33H43N3O13S/c1-3-50-19(2)32(46)47-17-7-8-20-10-11-22(48-33-29(43)27(41)28(42)30(49-33)31(44)45)21(18-20)35-24(38)14-15-34-23(37)9-5-4-6-16-36-25(39)12-13-26(36)40/h7-8,10-13,18-19,27-30,33,41-43H,3-6,9,14-17H2,1-2H3,(H,34,37)(H,35,38)(H,44,45)/b8-7+/t19?,27-,28-,29+,30-,33+/m0/s1. The lowest BCUT2D eigenvalue weighted by molar-refractivity contribution is -0.271. The molecule has 0 aromatic heterocycles. The molecule has 16 nitrogen and oxygen atoms in total. The third kappa shape index (κ3) is 11.9. The molecule has 4 amide bonds. The molecule has 17 heteroatoms. The molecule has 3 rings (SSSR count). The molecule has 2 heterocycles. The predicted molar refractivity (Wildman–Crippen MR) is 180 cm³/mol. The van der Waals surface area contributed by atoms with Gasteiger partial charge in [0.1, 0.15) is 30.7 Å². The van der Waals surface area contributed by atoms with Gasteiger partial charge in [-0.05, 0) is 49.3 Å². The number of anilines is 1. The molecule has 1 fully saturated rings. The van der Waals surface area contributed by atoms with Gasteiger partial charge in [0.25, 0.3) is 11.8 Å². The highest BCUT2D eigenvalue weighted by Crippen LogP contribution is 2.31. The van der Waals surface area contributed by atoms with Gasteiger partial charge in [0.2, 0.25) is 18.1 Å². The number of imide groups is 1. The highest BCUT2D eigenvalue weighted by molar-refractivity contribution is 8.00. The molecule has 0 radical (unpaired) electrons. The number of unbranched alkanes of at least 4 members (excludes halogenated alkanes) is 2. The van der Waals surface area contributed by atoms with E-state index in [1.165, 1.54) is 36.0 Å². The maximum Gasteiger partial charge on any atom is 0.335 e. The van der Waals surface area contributed by atoms with E-state index in [1.807, 2.05) is 6.92 Å². The summed E-state index contributed by atoms with van der Waals surface area (Å²) in [5.74, 6) is -2.80. The van der Waals surface area contributed by atoms with Gasteiger partial charge in [0.05, 0.1) is 10.9 Å². The highest BCUT2D eigenvalue weighted by atomic mass is 32.2. The third-order valence-electron chi connectivity index (χ3n) is 7.57. The van der Waals surface area contributed by atoms with E-state index < -0.39 is 42.6 Å². The minimum absolute atomic E-state index is 0.00215. The maximum atomic E-state index is 12.9. The zero-order chi connectivity index (χ0) is 36.8. The highest BCUT2D eigenvalue weighted by Gasteiger charge is 2.48. The van der Waals surface area contributed by atoms with Crippen molar-refractivity contribution in [1.29, 1.82) is 0 Å². The molecule has 2 aliphatic rings. The second-order valence-corrected chi connectivity index (χ2v) is 13.0. The molecule has 0 spiro atoms. The van der Waals surface area contributed by atoms with Crippen molar-refractivity contribution in [3.8, 4) is 5.75 Å². The summed E-state index contributed by atoms with van der Waals surface area (Å²) in [6, 6.07) is 4.46. The smallest absolute Gasteiger partial charge is 0.335 e. The fourth-order valence-electron chi connectivity index (χ4n) is 4.88. The van der Waals surface area contributed by atoms with Crippen LogP contribution in [-0.2, 0) is 38.2 Å². The Morgan fingerprint density at radius 1 is 1.00 bits per heavy atom. The number of benzene rings is 1. The number of carboxylic acids is 1. The molecule has 2 aliphatic heterocycles. The first kappa shape index (κ1) is 40.1. The third-order valence-corrected chi connectivity index (χ3v) is 8.60. The Kier molecular flexibility index (Phi) is 15.9. The topological polar surface area (TPSA) is 238 Å². The number of carbonyl (C=O) groups is 6. The first-order valence-electron chi connectivity index (χ1n) is 16.1. The number of ether oxygens (including phenoxy) is 3. The quantitative estimate of drug-likeness (QED) is 0.0652. The van der Waals surface area contributed by atoms with Crippen LogP contribution in [-0.4, -0.2) is 122 Å². The van der Waals surface area contributed by atoms with E-state index >= 15 is 0 Å². The van der Waals surface area contributed by atoms with Crippen LogP contribution in [0.25, 0.3) is 6.08 Å². The number of aliphatic carboxylic acids is 1. The minimum atomic E-state index is -1.93. The molecule has 0 aliphatic carbocycles. The Balaban J connectivity index is 1.58. The lowest BCUT2D eigenvalue weighted by Gasteiger charge is -2.38. The lowest BCUT2D eigenvalue weighted by Crippen LogP contribution is -2.61. The number of carboxylic acid groups (broad SMARTS) is 1. The van der Waals surface area contributed by atoms with Crippen molar-refractivity contribution in [3.05, 3.63) is 42.0 Å². The number of aliphatic hydroxyl groups is 3. The van der Waals surface area contributed by atoms with Gasteiger partial charge in [-0.1, -0.05) is 25.5 Å². The van der Waals surface area contributed by atoms with Crippen molar-refractivity contribution >= 4 is 59.1 Å². The van der Waals surface area contributed by atoms with Crippen LogP contribution in [0.2, 0.25) is 0 Å². The second-order valence-electron chi connectivity index (χ2n) is 11.4. The number of rotatable bonds is 19. The monoisotopic (exact) mass is 721 g/mol. The molecule has 1 aromatic carbocycles. The van der Waals surface area contributed by atoms with Crippen LogP contribution < -0.4 is 15.4 Å². The number of hydrogen-bond acceptors (Lipinski definition) is 13. The summed E-state index contributed by atoms with van der Waals surface area (Å²) >= 11 is 1.45. The number of esters is 1. The molecule has 1 aromatic rings. The zero-order valence-electron chi connectivity index (χ0n) is 27.7. The fourth-order valence-corrected chi connectivity index (χ4v) is 5.58. The van der Waals surface area contributed by atoms with Crippen molar-refractivity contribution in [3.63, 3.8) is 0 Å². The summed E-state index contributed by atoms with van der Waals surface area (Å²) in [6.07, 6.45) is -1.96. The summed E-state index contributed by atoms with van der Waals surface area (Å²) in [6.45, 7) is 3.94. The maximum absolute atomic E-state index is 12.9. The Morgan fingerprint density at radius 3 is 2.40 bits per heavy atom. The van der Waals surface area contributed by atoms with Crippen LogP contribution in [0, 0.1) is 0 Å². The van der Waals surface area contributed by atoms with E-state index in [0.29, 0.717) is 24.8 Å². The number of carbonyl (C=O) groups excluding carboxylic acids is 5.